The monoisotopic (exact) mass is 347 g/mol. The molecule has 2 heterocycles. The zero-order chi connectivity index (χ0) is 17.3. The predicted octanol–water partition coefficient (Wildman–Crippen LogP) is 2.86. The van der Waals surface area contributed by atoms with Crippen LogP contribution in [0.4, 0.5) is 4.39 Å². The molecule has 6 nitrogen and oxygen atoms in total. The summed E-state index contributed by atoms with van der Waals surface area (Å²) in [5.41, 5.74) is 0.182. The van der Waals surface area contributed by atoms with Gasteiger partial charge < -0.3 is 14.5 Å². The highest BCUT2D eigenvalue weighted by atomic mass is 32.2. The number of aromatic nitrogens is 3. The maximum atomic E-state index is 14.6. The lowest BCUT2D eigenvalue weighted by atomic mass is 10.0. The molecule has 2 aromatic heterocycles. The van der Waals surface area contributed by atoms with Gasteiger partial charge in [0, 0.05) is 23.2 Å². The van der Waals surface area contributed by atoms with Gasteiger partial charge in [-0.3, -0.25) is 4.79 Å². The van der Waals surface area contributed by atoms with Crippen LogP contribution in [-0.2, 0) is 0 Å². The number of thioether (sulfide) groups is 1. The fourth-order valence-electron chi connectivity index (χ4n) is 2.31. The van der Waals surface area contributed by atoms with Crippen molar-refractivity contribution in [3.63, 3.8) is 0 Å². The third kappa shape index (κ3) is 2.80. The first-order valence-electron chi connectivity index (χ1n) is 6.93. The Morgan fingerprint density at radius 3 is 2.62 bits per heavy atom. The lowest BCUT2D eigenvalue weighted by Crippen LogP contribution is -2.11. The molecule has 0 aliphatic carbocycles. The van der Waals surface area contributed by atoms with E-state index < -0.39 is 11.4 Å². The van der Waals surface area contributed by atoms with Crippen molar-refractivity contribution in [1.82, 2.24) is 15.0 Å². The van der Waals surface area contributed by atoms with Crippen molar-refractivity contribution in [1.29, 1.82) is 0 Å². The van der Waals surface area contributed by atoms with Gasteiger partial charge in [0.15, 0.2) is 16.7 Å². The second-order valence-electron chi connectivity index (χ2n) is 4.86. The summed E-state index contributed by atoms with van der Waals surface area (Å²) in [6.45, 7) is 0. The molecule has 3 rings (SSSR count). The largest absolute Gasteiger partial charge is 0.497 e. The van der Waals surface area contributed by atoms with Gasteiger partial charge in [0.2, 0.25) is 0 Å². The summed E-state index contributed by atoms with van der Waals surface area (Å²) in [4.78, 5) is 23.5. The van der Waals surface area contributed by atoms with Crippen LogP contribution in [0.2, 0.25) is 0 Å². The molecule has 0 fully saturated rings. The second kappa shape index (κ2) is 6.48. The van der Waals surface area contributed by atoms with Crippen molar-refractivity contribution in [2.75, 3.05) is 20.5 Å². The Balaban J connectivity index is 2.26. The first-order chi connectivity index (χ1) is 11.6. The number of aromatic amines is 1. The number of rotatable bonds is 4. The summed E-state index contributed by atoms with van der Waals surface area (Å²) in [7, 11) is 2.81. The SMILES string of the molecule is COc1cc(OC)c(F)c(-c2cc3cnc(SC)nc3[nH]c2=O)c1. The number of hydrogen-bond acceptors (Lipinski definition) is 6. The van der Waals surface area contributed by atoms with Crippen LogP contribution in [0.1, 0.15) is 0 Å². The van der Waals surface area contributed by atoms with Crippen molar-refractivity contribution in [2.45, 2.75) is 5.16 Å². The molecule has 0 aliphatic rings. The van der Waals surface area contributed by atoms with Gasteiger partial charge in [-0.1, -0.05) is 11.8 Å². The molecule has 0 bridgehead atoms. The van der Waals surface area contributed by atoms with Crippen LogP contribution < -0.4 is 15.0 Å². The molecular weight excluding hydrogens is 333 g/mol. The Labute approximate surface area is 141 Å². The molecule has 0 aliphatic heterocycles. The number of pyridine rings is 1. The van der Waals surface area contributed by atoms with E-state index in [1.807, 2.05) is 6.26 Å². The molecule has 0 spiro atoms. The smallest absolute Gasteiger partial charge is 0.257 e. The summed E-state index contributed by atoms with van der Waals surface area (Å²) in [6, 6.07) is 4.42. The summed E-state index contributed by atoms with van der Waals surface area (Å²) >= 11 is 1.37. The first-order valence-corrected chi connectivity index (χ1v) is 8.15. The Bertz CT molecular complexity index is 975. The maximum absolute atomic E-state index is 14.6. The van der Waals surface area contributed by atoms with Crippen LogP contribution in [-0.4, -0.2) is 35.4 Å². The van der Waals surface area contributed by atoms with E-state index in [9.17, 15) is 9.18 Å². The standard InChI is InChI=1S/C16H14FN3O3S/c1-22-9-5-10(13(17)12(6-9)23-2)11-4-8-7-18-16(24-3)20-14(8)19-15(11)21/h4-7H,1-3H3,(H,18,19,20,21). The third-order valence-electron chi connectivity index (χ3n) is 3.51. The highest BCUT2D eigenvalue weighted by molar-refractivity contribution is 7.98. The van der Waals surface area contributed by atoms with Crippen LogP contribution in [0.25, 0.3) is 22.2 Å². The minimum Gasteiger partial charge on any atom is -0.497 e. The van der Waals surface area contributed by atoms with Crippen molar-refractivity contribution in [2.24, 2.45) is 0 Å². The molecule has 0 radical (unpaired) electrons. The van der Waals surface area contributed by atoms with E-state index in [0.717, 1.165) is 0 Å². The quantitative estimate of drug-likeness (QED) is 0.578. The zero-order valence-corrected chi connectivity index (χ0v) is 14.0. The Hall–Kier alpha value is -2.61. The molecule has 3 aromatic rings. The lowest BCUT2D eigenvalue weighted by molar-refractivity contribution is 0.375. The summed E-state index contributed by atoms with van der Waals surface area (Å²) in [6.07, 6.45) is 3.43. The number of nitrogens with zero attached hydrogens (tertiary/aromatic N) is 2. The number of fused-ring (bicyclic) bond motifs is 1. The highest BCUT2D eigenvalue weighted by Crippen LogP contribution is 2.33. The topological polar surface area (TPSA) is 77.1 Å². The van der Waals surface area contributed by atoms with Gasteiger partial charge in [0.05, 0.1) is 19.8 Å². The summed E-state index contributed by atoms with van der Waals surface area (Å²) in [5, 5.41) is 1.14. The molecule has 24 heavy (non-hydrogen) atoms. The molecule has 0 amide bonds. The second-order valence-corrected chi connectivity index (χ2v) is 5.64. The van der Waals surface area contributed by atoms with E-state index in [1.165, 1.54) is 38.1 Å². The fourth-order valence-corrected chi connectivity index (χ4v) is 2.65. The number of hydrogen-bond donors (Lipinski definition) is 1. The Kier molecular flexibility index (Phi) is 4.39. The third-order valence-corrected chi connectivity index (χ3v) is 4.07. The van der Waals surface area contributed by atoms with E-state index in [0.29, 0.717) is 21.9 Å². The van der Waals surface area contributed by atoms with Crippen LogP contribution in [0, 0.1) is 5.82 Å². The van der Waals surface area contributed by atoms with Gasteiger partial charge >= 0.3 is 0 Å². The molecule has 0 saturated carbocycles. The van der Waals surface area contributed by atoms with Crippen molar-refractivity contribution < 1.29 is 13.9 Å². The van der Waals surface area contributed by atoms with Gasteiger partial charge in [-0.2, -0.15) is 0 Å². The first kappa shape index (κ1) is 16.3. The van der Waals surface area contributed by atoms with Gasteiger partial charge in [-0.15, -0.1) is 0 Å². The van der Waals surface area contributed by atoms with Crippen LogP contribution in [0.3, 0.4) is 0 Å². The fraction of sp³-hybridized carbons (Fsp3) is 0.188. The van der Waals surface area contributed by atoms with Crippen LogP contribution in [0.15, 0.2) is 34.3 Å². The van der Waals surface area contributed by atoms with Crippen molar-refractivity contribution >= 4 is 22.8 Å². The average molecular weight is 347 g/mol. The minimum atomic E-state index is -0.634. The molecule has 0 saturated heterocycles. The normalized spacial score (nSPS) is 10.8. The van der Waals surface area contributed by atoms with Crippen LogP contribution >= 0.6 is 11.8 Å². The van der Waals surface area contributed by atoms with Gasteiger partial charge in [-0.05, 0) is 18.4 Å². The predicted molar refractivity (Wildman–Crippen MR) is 90.4 cm³/mol. The number of nitrogens with one attached hydrogen (secondary N) is 1. The molecule has 8 heteroatoms. The molecule has 0 unspecified atom stereocenters. The summed E-state index contributed by atoms with van der Waals surface area (Å²) in [5.74, 6) is -0.251. The molecule has 0 atom stereocenters. The Morgan fingerprint density at radius 2 is 1.96 bits per heavy atom. The number of halogens is 1. The minimum absolute atomic E-state index is 0.00201. The molecule has 124 valence electrons. The number of H-pyrrole nitrogens is 1. The molecular formula is C16H14FN3O3S. The average Bonchev–Trinajstić information content (AvgIpc) is 2.61. The van der Waals surface area contributed by atoms with E-state index in [2.05, 4.69) is 15.0 Å². The van der Waals surface area contributed by atoms with E-state index >= 15 is 0 Å². The van der Waals surface area contributed by atoms with Crippen molar-refractivity contribution in [3.8, 4) is 22.6 Å². The van der Waals surface area contributed by atoms with Gasteiger partial charge in [-0.25, -0.2) is 14.4 Å². The number of methoxy groups -OCH3 is 2. The zero-order valence-electron chi connectivity index (χ0n) is 13.2. The highest BCUT2D eigenvalue weighted by Gasteiger charge is 2.17. The van der Waals surface area contributed by atoms with E-state index in [4.69, 9.17) is 9.47 Å². The Morgan fingerprint density at radius 1 is 1.17 bits per heavy atom. The van der Waals surface area contributed by atoms with Crippen molar-refractivity contribution in [3.05, 3.63) is 40.6 Å². The van der Waals surface area contributed by atoms with E-state index in [-0.39, 0.29) is 16.9 Å². The van der Waals surface area contributed by atoms with E-state index in [1.54, 1.807) is 12.3 Å². The summed E-state index contributed by atoms with van der Waals surface area (Å²) < 4.78 is 24.8. The van der Waals surface area contributed by atoms with Gasteiger partial charge in [0.25, 0.3) is 5.56 Å². The molecule has 1 N–H and O–H groups in total. The van der Waals surface area contributed by atoms with Crippen LogP contribution in [0.5, 0.6) is 11.5 Å². The number of ether oxygens (including phenoxy) is 2. The lowest BCUT2D eigenvalue weighted by Gasteiger charge is -2.11. The number of benzene rings is 1. The molecule has 1 aromatic carbocycles. The maximum Gasteiger partial charge on any atom is 0.257 e. The van der Waals surface area contributed by atoms with Gasteiger partial charge in [0.1, 0.15) is 11.4 Å².